The number of piperazine rings is 1. The fourth-order valence-corrected chi connectivity index (χ4v) is 4.10. The first-order chi connectivity index (χ1) is 10.3. The number of rotatable bonds is 4. The summed E-state index contributed by atoms with van der Waals surface area (Å²) in [5, 5.41) is 4.69. The normalized spacial score (nSPS) is 19.8. The van der Waals surface area contributed by atoms with E-state index in [-0.39, 0.29) is 0 Å². The van der Waals surface area contributed by atoms with Crippen LogP contribution in [0.3, 0.4) is 0 Å². The molecule has 1 aliphatic heterocycles. The van der Waals surface area contributed by atoms with Crippen molar-refractivity contribution in [1.82, 2.24) is 15.2 Å². The van der Waals surface area contributed by atoms with Crippen molar-refractivity contribution in [1.29, 1.82) is 0 Å². The van der Waals surface area contributed by atoms with Gasteiger partial charge in [-0.1, -0.05) is 31.2 Å². The highest BCUT2D eigenvalue weighted by atomic mass is 79.9. The summed E-state index contributed by atoms with van der Waals surface area (Å²) in [5.41, 5.74) is 2.80. The lowest BCUT2D eigenvalue weighted by Crippen LogP contribution is -2.45. The predicted octanol–water partition coefficient (Wildman–Crippen LogP) is 3.61. The Balaban J connectivity index is 1.76. The molecule has 1 atom stereocenters. The van der Waals surface area contributed by atoms with Crippen LogP contribution in [-0.4, -0.2) is 29.5 Å². The number of aromatic nitrogens is 1. The first kappa shape index (κ1) is 15.2. The Morgan fingerprint density at radius 3 is 2.86 bits per heavy atom. The number of benzene rings is 1. The lowest BCUT2D eigenvalue weighted by molar-refractivity contribution is 0.153. The highest BCUT2D eigenvalue weighted by Gasteiger charge is 2.24. The molecule has 1 N–H and O–H groups in total. The monoisotopic (exact) mass is 365 g/mol. The van der Waals surface area contributed by atoms with Gasteiger partial charge in [0.2, 0.25) is 0 Å². The van der Waals surface area contributed by atoms with Gasteiger partial charge in [0.05, 0.1) is 16.5 Å². The van der Waals surface area contributed by atoms with Crippen molar-refractivity contribution in [3.05, 3.63) is 50.4 Å². The zero-order chi connectivity index (χ0) is 14.7. The van der Waals surface area contributed by atoms with E-state index in [1.807, 2.05) is 6.20 Å². The van der Waals surface area contributed by atoms with E-state index in [1.54, 1.807) is 11.3 Å². The van der Waals surface area contributed by atoms with Crippen molar-refractivity contribution in [2.45, 2.75) is 25.9 Å². The number of nitrogens with zero attached hydrogens (tertiary/aromatic N) is 2. The second-order valence-corrected chi connectivity index (χ2v) is 7.84. The van der Waals surface area contributed by atoms with Crippen LogP contribution >= 0.6 is 27.3 Å². The van der Waals surface area contributed by atoms with E-state index in [0.29, 0.717) is 6.04 Å². The molecule has 1 fully saturated rings. The molecule has 112 valence electrons. The average molecular weight is 366 g/mol. The van der Waals surface area contributed by atoms with Crippen molar-refractivity contribution in [2.75, 3.05) is 19.6 Å². The highest BCUT2D eigenvalue weighted by molar-refractivity contribution is 9.11. The zero-order valence-electron chi connectivity index (χ0n) is 12.2. The summed E-state index contributed by atoms with van der Waals surface area (Å²) in [7, 11) is 0. The number of nitrogens with one attached hydrogen (secondary N) is 1. The molecule has 1 aromatic heterocycles. The van der Waals surface area contributed by atoms with Crippen LogP contribution in [0.4, 0.5) is 0 Å². The Morgan fingerprint density at radius 2 is 2.19 bits per heavy atom. The minimum atomic E-state index is 0.437. The number of halogens is 1. The molecule has 0 bridgehead atoms. The molecule has 0 radical (unpaired) electrons. The lowest BCUT2D eigenvalue weighted by Gasteiger charge is -2.36. The van der Waals surface area contributed by atoms with Gasteiger partial charge >= 0.3 is 0 Å². The molecule has 5 heteroatoms. The molecule has 0 amide bonds. The van der Waals surface area contributed by atoms with Crippen molar-refractivity contribution in [3.8, 4) is 0 Å². The van der Waals surface area contributed by atoms with Crippen LogP contribution in [0.25, 0.3) is 0 Å². The van der Waals surface area contributed by atoms with E-state index < -0.39 is 0 Å². The van der Waals surface area contributed by atoms with Gasteiger partial charge in [-0.2, -0.15) is 0 Å². The van der Waals surface area contributed by atoms with E-state index in [9.17, 15) is 0 Å². The SMILES string of the molecule is CCc1ccc(C2CNCCN2Cc2ncc(Br)s2)cc1. The van der Waals surface area contributed by atoms with Gasteiger partial charge in [-0.25, -0.2) is 4.98 Å². The molecule has 0 aliphatic carbocycles. The van der Waals surface area contributed by atoms with Gasteiger partial charge in [0.15, 0.2) is 0 Å². The Labute approximate surface area is 138 Å². The summed E-state index contributed by atoms with van der Waals surface area (Å²) in [4.78, 5) is 7.01. The van der Waals surface area contributed by atoms with Crippen LogP contribution in [0.5, 0.6) is 0 Å². The molecule has 3 nitrogen and oxygen atoms in total. The van der Waals surface area contributed by atoms with E-state index in [4.69, 9.17) is 0 Å². The Kier molecular flexibility index (Phi) is 5.06. The van der Waals surface area contributed by atoms with Crippen LogP contribution in [0.2, 0.25) is 0 Å². The summed E-state index contributed by atoms with van der Waals surface area (Å²) in [5.74, 6) is 0. The third kappa shape index (κ3) is 3.72. The minimum absolute atomic E-state index is 0.437. The van der Waals surface area contributed by atoms with Crippen molar-refractivity contribution < 1.29 is 0 Å². The van der Waals surface area contributed by atoms with E-state index >= 15 is 0 Å². The maximum atomic E-state index is 4.47. The topological polar surface area (TPSA) is 28.2 Å². The second-order valence-electron chi connectivity index (χ2n) is 5.34. The van der Waals surface area contributed by atoms with E-state index in [2.05, 4.69) is 62.3 Å². The standard InChI is InChI=1S/C16H20BrN3S/c1-2-12-3-5-13(6-4-12)14-9-18-7-8-20(14)11-16-19-10-15(17)21-16/h3-6,10,14,18H,2,7-9,11H2,1H3. The van der Waals surface area contributed by atoms with Gasteiger partial charge < -0.3 is 5.32 Å². The summed E-state index contributed by atoms with van der Waals surface area (Å²) in [6.45, 7) is 6.26. The van der Waals surface area contributed by atoms with Gasteiger partial charge in [0.1, 0.15) is 5.01 Å². The predicted molar refractivity (Wildman–Crippen MR) is 91.7 cm³/mol. The quantitative estimate of drug-likeness (QED) is 0.896. The van der Waals surface area contributed by atoms with Crippen molar-refractivity contribution in [3.63, 3.8) is 0 Å². The van der Waals surface area contributed by atoms with Crippen LogP contribution in [0.1, 0.15) is 29.1 Å². The Bertz CT molecular complexity index is 581. The first-order valence-electron chi connectivity index (χ1n) is 7.40. The molecule has 21 heavy (non-hydrogen) atoms. The molecule has 1 saturated heterocycles. The number of hydrogen-bond acceptors (Lipinski definition) is 4. The first-order valence-corrected chi connectivity index (χ1v) is 9.01. The lowest BCUT2D eigenvalue weighted by atomic mass is 10.0. The molecule has 0 spiro atoms. The Hall–Kier alpha value is -0.750. The minimum Gasteiger partial charge on any atom is -0.314 e. The second kappa shape index (κ2) is 7.01. The van der Waals surface area contributed by atoms with Crippen LogP contribution < -0.4 is 5.32 Å². The maximum absolute atomic E-state index is 4.47. The number of hydrogen-bond donors (Lipinski definition) is 1. The summed E-state index contributed by atoms with van der Waals surface area (Å²) in [6, 6.07) is 9.50. The Morgan fingerprint density at radius 1 is 1.38 bits per heavy atom. The largest absolute Gasteiger partial charge is 0.314 e. The number of thiazole rings is 1. The van der Waals surface area contributed by atoms with Crippen molar-refractivity contribution >= 4 is 27.3 Å². The molecule has 1 unspecified atom stereocenters. The van der Waals surface area contributed by atoms with Crippen molar-refractivity contribution in [2.24, 2.45) is 0 Å². The summed E-state index contributed by atoms with van der Waals surface area (Å²) >= 11 is 5.23. The fourth-order valence-electron chi connectivity index (χ4n) is 2.77. The van der Waals surface area contributed by atoms with Gasteiger partial charge in [-0.3, -0.25) is 4.90 Å². The molecule has 1 aromatic carbocycles. The molecule has 3 rings (SSSR count). The third-order valence-corrected chi connectivity index (χ3v) is 5.45. The number of aryl methyl sites for hydroxylation is 1. The summed E-state index contributed by atoms with van der Waals surface area (Å²) in [6.07, 6.45) is 2.99. The third-order valence-electron chi connectivity index (χ3n) is 3.99. The van der Waals surface area contributed by atoms with Crippen LogP contribution in [-0.2, 0) is 13.0 Å². The van der Waals surface area contributed by atoms with Gasteiger partial charge in [-0.15, -0.1) is 11.3 Å². The fraction of sp³-hybridized carbons (Fsp3) is 0.438. The molecular formula is C16H20BrN3S. The molecule has 2 heterocycles. The van der Waals surface area contributed by atoms with E-state index in [0.717, 1.165) is 36.4 Å². The highest BCUT2D eigenvalue weighted by Crippen LogP contribution is 2.27. The van der Waals surface area contributed by atoms with Gasteiger partial charge in [-0.05, 0) is 33.5 Å². The zero-order valence-corrected chi connectivity index (χ0v) is 14.6. The molecule has 1 aliphatic rings. The average Bonchev–Trinajstić information content (AvgIpc) is 2.93. The molecule has 2 aromatic rings. The van der Waals surface area contributed by atoms with Gasteiger partial charge in [0, 0.05) is 25.7 Å². The van der Waals surface area contributed by atoms with Gasteiger partial charge in [0.25, 0.3) is 0 Å². The van der Waals surface area contributed by atoms with Crippen LogP contribution in [0.15, 0.2) is 34.2 Å². The molecule has 0 saturated carbocycles. The molecular weight excluding hydrogens is 346 g/mol. The smallest absolute Gasteiger partial charge is 0.108 e. The maximum Gasteiger partial charge on any atom is 0.108 e. The summed E-state index contributed by atoms with van der Waals surface area (Å²) < 4.78 is 1.11. The van der Waals surface area contributed by atoms with E-state index in [1.165, 1.54) is 16.1 Å². The van der Waals surface area contributed by atoms with Crippen LogP contribution in [0, 0.1) is 0 Å².